The fraction of sp³-hybridized carbons (Fsp3) is 0.732. The van der Waals surface area contributed by atoms with Crippen molar-refractivity contribution in [2.75, 3.05) is 13.2 Å². The molecule has 1 unspecified atom stereocenters. The third kappa shape index (κ3) is 47.9. The summed E-state index contributed by atoms with van der Waals surface area (Å²) in [5.41, 5.74) is 0. The number of carbonyl (C=O) groups is 3. The van der Waals surface area contributed by atoms with E-state index in [0.717, 1.165) is 77.0 Å². The first-order chi connectivity index (χ1) is 30.5. The van der Waals surface area contributed by atoms with Crippen molar-refractivity contribution in [1.82, 2.24) is 0 Å². The second kappa shape index (κ2) is 50.5. The topological polar surface area (TPSA) is 78.9 Å². The van der Waals surface area contributed by atoms with Crippen molar-refractivity contribution in [3.8, 4) is 0 Å². The number of unbranched alkanes of at least 4 members (excludes halogenated alkanes) is 23. The van der Waals surface area contributed by atoms with Gasteiger partial charge in [-0.15, -0.1) is 0 Å². The Kier molecular flexibility index (Phi) is 47.9. The summed E-state index contributed by atoms with van der Waals surface area (Å²) in [6, 6.07) is 0. The van der Waals surface area contributed by atoms with Crippen molar-refractivity contribution in [2.45, 2.75) is 252 Å². The lowest BCUT2D eigenvalue weighted by atomic mass is 10.1. The molecule has 6 heteroatoms. The number of carbonyl (C=O) groups excluding carboxylic acids is 3. The van der Waals surface area contributed by atoms with E-state index >= 15 is 0 Å². The van der Waals surface area contributed by atoms with Crippen LogP contribution in [0, 0.1) is 0 Å². The first kappa shape index (κ1) is 58.9. The maximum Gasteiger partial charge on any atom is 0.306 e. The van der Waals surface area contributed by atoms with Gasteiger partial charge in [0.25, 0.3) is 0 Å². The Hall–Kier alpha value is -3.15. The summed E-state index contributed by atoms with van der Waals surface area (Å²) < 4.78 is 16.7. The second-order valence-corrected chi connectivity index (χ2v) is 17.1. The molecule has 0 N–H and O–H groups in total. The van der Waals surface area contributed by atoms with Gasteiger partial charge in [-0.2, -0.15) is 0 Å². The van der Waals surface area contributed by atoms with Crippen molar-refractivity contribution in [3.05, 3.63) is 72.9 Å². The van der Waals surface area contributed by atoms with Crippen LogP contribution in [0.2, 0.25) is 0 Å². The lowest BCUT2D eigenvalue weighted by Gasteiger charge is -2.18. The molecule has 0 saturated carbocycles. The first-order valence-electron chi connectivity index (χ1n) is 25.9. The minimum Gasteiger partial charge on any atom is -0.462 e. The van der Waals surface area contributed by atoms with Crippen LogP contribution in [0.5, 0.6) is 0 Å². The quantitative estimate of drug-likeness (QED) is 0.0262. The molecule has 0 aliphatic rings. The summed E-state index contributed by atoms with van der Waals surface area (Å²) in [6.07, 6.45) is 63.1. The number of hydrogen-bond donors (Lipinski definition) is 0. The zero-order valence-corrected chi connectivity index (χ0v) is 40.6. The highest BCUT2D eigenvalue weighted by Crippen LogP contribution is 2.14. The van der Waals surface area contributed by atoms with Crippen LogP contribution in [0.4, 0.5) is 0 Å². The third-order valence-corrected chi connectivity index (χ3v) is 10.9. The molecule has 0 aliphatic carbocycles. The Labute approximate surface area is 382 Å². The number of ether oxygens (including phenoxy) is 3. The molecule has 62 heavy (non-hydrogen) atoms. The largest absolute Gasteiger partial charge is 0.462 e. The van der Waals surface area contributed by atoms with Gasteiger partial charge in [-0.1, -0.05) is 209 Å². The van der Waals surface area contributed by atoms with Gasteiger partial charge in [0, 0.05) is 19.3 Å². The summed E-state index contributed by atoms with van der Waals surface area (Å²) in [7, 11) is 0. The summed E-state index contributed by atoms with van der Waals surface area (Å²) in [4.78, 5) is 37.9. The molecule has 0 rings (SSSR count). The van der Waals surface area contributed by atoms with Crippen molar-refractivity contribution < 1.29 is 28.6 Å². The predicted molar refractivity (Wildman–Crippen MR) is 265 cm³/mol. The average molecular weight is 865 g/mol. The smallest absolute Gasteiger partial charge is 0.306 e. The van der Waals surface area contributed by atoms with E-state index < -0.39 is 6.10 Å². The molecule has 0 saturated heterocycles. The Morgan fingerprint density at radius 1 is 0.323 bits per heavy atom. The molecule has 0 amide bonds. The minimum atomic E-state index is -0.799. The van der Waals surface area contributed by atoms with Gasteiger partial charge >= 0.3 is 17.9 Å². The fourth-order valence-electron chi connectivity index (χ4n) is 6.99. The maximum absolute atomic E-state index is 12.8. The molecule has 1 atom stereocenters. The number of hydrogen-bond acceptors (Lipinski definition) is 6. The lowest BCUT2D eigenvalue weighted by Crippen LogP contribution is -2.30. The van der Waals surface area contributed by atoms with E-state index in [-0.39, 0.29) is 37.5 Å². The van der Waals surface area contributed by atoms with Gasteiger partial charge in [0.2, 0.25) is 0 Å². The lowest BCUT2D eigenvalue weighted by molar-refractivity contribution is -0.167. The third-order valence-electron chi connectivity index (χ3n) is 10.9. The van der Waals surface area contributed by atoms with E-state index in [1.807, 2.05) is 0 Å². The van der Waals surface area contributed by atoms with Crippen molar-refractivity contribution >= 4 is 17.9 Å². The number of esters is 3. The molecule has 0 aliphatic heterocycles. The van der Waals surface area contributed by atoms with Gasteiger partial charge < -0.3 is 14.2 Å². The van der Waals surface area contributed by atoms with Gasteiger partial charge in [0.1, 0.15) is 13.2 Å². The molecular formula is C56H96O6. The molecule has 6 nitrogen and oxygen atoms in total. The molecule has 0 aromatic rings. The SMILES string of the molecule is CCCCC/C=C\C/C=C\C/C=C\C/C=C\CCCC(=O)OCC(COC(=O)CCCCCCCCCCCC)OC(=O)CCCCCCCCC/C=C\C/C=C\CCCCC. The van der Waals surface area contributed by atoms with E-state index in [1.54, 1.807) is 0 Å². The van der Waals surface area contributed by atoms with Gasteiger partial charge in [-0.3, -0.25) is 14.4 Å². The van der Waals surface area contributed by atoms with Crippen LogP contribution < -0.4 is 0 Å². The molecule has 356 valence electrons. The monoisotopic (exact) mass is 865 g/mol. The Balaban J connectivity index is 4.45. The maximum atomic E-state index is 12.8. The van der Waals surface area contributed by atoms with Crippen LogP contribution in [0.25, 0.3) is 0 Å². The molecule has 0 fully saturated rings. The molecule has 0 radical (unpaired) electrons. The normalized spacial score (nSPS) is 12.6. The zero-order valence-electron chi connectivity index (χ0n) is 40.6. The van der Waals surface area contributed by atoms with Crippen molar-refractivity contribution in [3.63, 3.8) is 0 Å². The van der Waals surface area contributed by atoms with Gasteiger partial charge in [-0.25, -0.2) is 0 Å². The highest BCUT2D eigenvalue weighted by molar-refractivity contribution is 5.71. The van der Waals surface area contributed by atoms with Crippen LogP contribution in [0.15, 0.2) is 72.9 Å². The number of allylic oxidation sites excluding steroid dienone is 12. The molecule has 0 spiro atoms. The molecular weight excluding hydrogens is 769 g/mol. The van der Waals surface area contributed by atoms with Crippen LogP contribution in [-0.4, -0.2) is 37.2 Å². The van der Waals surface area contributed by atoms with Crippen molar-refractivity contribution in [1.29, 1.82) is 0 Å². The fourth-order valence-corrected chi connectivity index (χ4v) is 6.99. The van der Waals surface area contributed by atoms with Crippen molar-refractivity contribution in [2.24, 2.45) is 0 Å². The first-order valence-corrected chi connectivity index (χ1v) is 25.9. The summed E-state index contributed by atoms with van der Waals surface area (Å²) >= 11 is 0. The highest BCUT2D eigenvalue weighted by Gasteiger charge is 2.19. The van der Waals surface area contributed by atoms with E-state index in [9.17, 15) is 14.4 Å². The predicted octanol–water partition coefficient (Wildman–Crippen LogP) is 17.0. The van der Waals surface area contributed by atoms with Crippen LogP contribution in [0.3, 0.4) is 0 Å². The molecule has 0 aromatic carbocycles. The Morgan fingerprint density at radius 3 is 1.00 bits per heavy atom. The zero-order chi connectivity index (χ0) is 45.1. The summed E-state index contributed by atoms with van der Waals surface area (Å²) in [6.45, 7) is 6.52. The highest BCUT2D eigenvalue weighted by atomic mass is 16.6. The molecule has 0 bridgehead atoms. The van der Waals surface area contributed by atoms with E-state index in [2.05, 4.69) is 93.7 Å². The Bertz CT molecular complexity index is 1180. The van der Waals surface area contributed by atoms with Crippen LogP contribution in [0.1, 0.15) is 245 Å². The van der Waals surface area contributed by atoms with Gasteiger partial charge in [0.05, 0.1) is 0 Å². The van der Waals surface area contributed by atoms with Crippen LogP contribution >= 0.6 is 0 Å². The second-order valence-electron chi connectivity index (χ2n) is 17.1. The van der Waals surface area contributed by atoms with Crippen LogP contribution in [-0.2, 0) is 28.6 Å². The summed E-state index contributed by atoms with van der Waals surface area (Å²) in [5.74, 6) is -0.961. The van der Waals surface area contributed by atoms with E-state index in [1.165, 1.54) is 122 Å². The minimum absolute atomic E-state index is 0.0945. The molecule has 0 aromatic heterocycles. The van der Waals surface area contributed by atoms with Gasteiger partial charge in [0.15, 0.2) is 6.10 Å². The van der Waals surface area contributed by atoms with Gasteiger partial charge in [-0.05, 0) is 89.9 Å². The van der Waals surface area contributed by atoms with E-state index in [0.29, 0.717) is 19.3 Å². The van der Waals surface area contributed by atoms with E-state index in [4.69, 9.17) is 14.2 Å². The Morgan fingerprint density at radius 2 is 0.597 bits per heavy atom. The number of rotatable bonds is 46. The molecule has 0 heterocycles. The average Bonchev–Trinajstić information content (AvgIpc) is 3.27. The summed E-state index contributed by atoms with van der Waals surface area (Å²) in [5, 5.41) is 0. The standard InChI is InChI=1S/C56H96O6/c1-4-7-10-13-16-19-22-24-26-28-30-32-34-37-40-43-46-49-55(58)61-52-53(51-60-54(57)48-45-42-39-36-21-18-15-12-9-6-3)62-56(59)50-47-44-41-38-35-33-31-29-27-25-23-20-17-14-11-8-5-2/h16-17,19-20,24-27,30,32,37,40,53H,4-15,18,21-23,28-29,31,33-36,38-39,41-52H2,1-3H3/b19-16-,20-17-,26-24-,27-25-,32-30-,40-37-.